The summed E-state index contributed by atoms with van der Waals surface area (Å²) in [6.45, 7) is 2.22. The van der Waals surface area contributed by atoms with E-state index in [4.69, 9.17) is 11.6 Å². The first-order valence-electron chi connectivity index (χ1n) is 9.93. The van der Waals surface area contributed by atoms with Crippen molar-refractivity contribution in [1.82, 2.24) is 9.47 Å². The van der Waals surface area contributed by atoms with E-state index in [1.54, 1.807) is 11.8 Å². The minimum absolute atomic E-state index is 0.233. The summed E-state index contributed by atoms with van der Waals surface area (Å²) in [6, 6.07) is 16.4. The van der Waals surface area contributed by atoms with Gasteiger partial charge in [0.05, 0.1) is 0 Å². The third-order valence-corrected chi connectivity index (χ3v) is 6.69. The number of rotatable bonds is 5. The zero-order valence-corrected chi connectivity index (χ0v) is 17.5. The van der Waals surface area contributed by atoms with Crippen LogP contribution in [0, 0.1) is 0 Å². The van der Waals surface area contributed by atoms with Gasteiger partial charge in [0.25, 0.3) is 0 Å². The van der Waals surface area contributed by atoms with E-state index in [2.05, 4.69) is 41.1 Å². The molecule has 1 aliphatic heterocycles. The van der Waals surface area contributed by atoms with E-state index in [1.807, 2.05) is 23.1 Å². The van der Waals surface area contributed by atoms with E-state index >= 15 is 0 Å². The smallest absolute Gasteiger partial charge is 0.242 e. The van der Waals surface area contributed by atoms with E-state index in [0.717, 1.165) is 42.2 Å². The lowest BCUT2D eigenvalue weighted by atomic mass is 10.2. The van der Waals surface area contributed by atoms with Crippen LogP contribution < -0.4 is 0 Å². The van der Waals surface area contributed by atoms with Gasteiger partial charge in [0.15, 0.2) is 0 Å². The number of fused-ring (bicyclic) bond motifs is 1. The van der Waals surface area contributed by atoms with Gasteiger partial charge in [-0.2, -0.15) is 0 Å². The second kappa shape index (κ2) is 9.06. The lowest BCUT2D eigenvalue weighted by Gasteiger charge is -2.20. The van der Waals surface area contributed by atoms with Crippen LogP contribution in [-0.2, 0) is 17.1 Å². The Morgan fingerprint density at radius 2 is 1.68 bits per heavy atom. The van der Waals surface area contributed by atoms with E-state index in [-0.39, 0.29) is 5.91 Å². The van der Waals surface area contributed by atoms with Gasteiger partial charge in [-0.25, -0.2) is 0 Å². The zero-order chi connectivity index (χ0) is 19.3. The van der Waals surface area contributed by atoms with Crippen LogP contribution in [0.15, 0.2) is 59.6 Å². The van der Waals surface area contributed by atoms with Crippen LogP contribution in [0.5, 0.6) is 0 Å². The zero-order valence-electron chi connectivity index (χ0n) is 15.9. The lowest BCUT2D eigenvalue weighted by Crippen LogP contribution is -2.34. The third kappa shape index (κ3) is 4.56. The maximum atomic E-state index is 12.9. The Balaban J connectivity index is 1.52. The molecule has 3 nitrogen and oxygen atoms in total. The highest BCUT2D eigenvalue weighted by Crippen LogP contribution is 2.32. The van der Waals surface area contributed by atoms with Gasteiger partial charge in [0, 0.05) is 45.9 Å². The van der Waals surface area contributed by atoms with Crippen molar-refractivity contribution in [1.29, 1.82) is 0 Å². The van der Waals surface area contributed by atoms with Gasteiger partial charge in [-0.3, -0.25) is 4.79 Å². The first-order valence-corrected chi connectivity index (χ1v) is 11.3. The Hall–Kier alpha value is -1.91. The molecule has 4 rings (SSSR count). The highest BCUT2D eigenvalue weighted by atomic mass is 35.5. The Kier molecular flexibility index (Phi) is 6.28. The van der Waals surface area contributed by atoms with Crippen LogP contribution in [0.25, 0.3) is 10.9 Å². The molecule has 3 aromatic rings. The highest BCUT2D eigenvalue weighted by molar-refractivity contribution is 7.98. The van der Waals surface area contributed by atoms with Crippen molar-refractivity contribution in [3.63, 3.8) is 0 Å². The quantitative estimate of drug-likeness (QED) is 0.481. The Morgan fingerprint density at radius 3 is 2.43 bits per heavy atom. The molecule has 0 N–H and O–H groups in total. The van der Waals surface area contributed by atoms with Crippen molar-refractivity contribution in [3.8, 4) is 0 Å². The monoisotopic (exact) mass is 412 g/mol. The summed E-state index contributed by atoms with van der Waals surface area (Å²) in [5.41, 5.74) is 2.37. The molecule has 1 fully saturated rings. The maximum Gasteiger partial charge on any atom is 0.242 e. The first-order chi connectivity index (χ1) is 13.7. The fraction of sp³-hybridized carbons (Fsp3) is 0.348. The molecule has 0 atom stereocenters. The van der Waals surface area contributed by atoms with Crippen molar-refractivity contribution in [2.75, 3.05) is 13.1 Å². The summed E-state index contributed by atoms with van der Waals surface area (Å²) < 4.78 is 2.12. The summed E-state index contributed by atoms with van der Waals surface area (Å²) >= 11 is 7.79. The number of likely N-dealkylation sites (tertiary alicyclic amines) is 1. The molecule has 146 valence electrons. The summed E-state index contributed by atoms with van der Waals surface area (Å²) in [6.07, 6.45) is 6.87. The van der Waals surface area contributed by atoms with Gasteiger partial charge in [-0.05, 0) is 36.6 Å². The Morgan fingerprint density at radius 1 is 0.964 bits per heavy atom. The molecule has 2 heterocycles. The number of carbonyl (C=O) groups excluding carboxylic acids is 1. The number of carbonyl (C=O) groups is 1. The summed E-state index contributed by atoms with van der Waals surface area (Å²) in [5, 5.41) is 1.97. The lowest BCUT2D eigenvalue weighted by molar-refractivity contribution is -0.131. The molecule has 0 aliphatic carbocycles. The molecule has 0 spiro atoms. The van der Waals surface area contributed by atoms with Crippen LogP contribution in [0.3, 0.4) is 0 Å². The highest BCUT2D eigenvalue weighted by Gasteiger charge is 2.17. The second-order valence-electron chi connectivity index (χ2n) is 7.35. The standard InChI is InChI=1S/C23H25ClN2OS/c24-19-11-9-18(10-12-19)17-28-22-15-26(21-8-4-3-7-20(21)22)16-23(27)25-13-5-1-2-6-14-25/h3-4,7-12,15H,1-2,5-6,13-14,16-17H2. The molecule has 0 radical (unpaired) electrons. The normalized spacial score (nSPS) is 15.0. The van der Waals surface area contributed by atoms with Crippen LogP contribution >= 0.6 is 23.4 Å². The Bertz CT molecular complexity index is 943. The number of nitrogens with zero attached hydrogens (tertiary/aromatic N) is 2. The predicted molar refractivity (Wildman–Crippen MR) is 118 cm³/mol. The number of halogens is 1. The average molecular weight is 413 g/mol. The van der Waals surface area contributed by atoms with Gasteiger partial charge in [-0.15, -0.1) is 11.8 Å². The topological polar surface area (TPSA) is 25.2 Å². The largest absolute Gasteiger partial charge is 0.341 e. The molecule has 0 bridgehead atoms. The molecule has 1 aliphatic rings. The van der Waals surface area contributed by atoms with E-state index in [0.29, 0.717) is 6.54 Å². The molecule has 1 saturated heterocycles. The molecule has 1 amide bonds. The number of hydrogen-bond acceptors (Lipinski definition) is 2. The van der Waals surface area contributed by atoms with Crippen LogP contribution in [0.1, 0.15) is 31.2 Å². The number of benzene rings is 2. The van der Waals surface area contributed by atoms with Crippen molar-refractivity contribution in [2.45, 2.75) is 42.9 Å². The average Bonchev–Trinajstić information content (AvgIpc) is 2.88. The van der Waals surface area contributed by atoms with Crippen LogP contribution in [-0.4, -0.2) is 28.5 Å². The van der Waals surface area contributed by atoms with Crippen LogP contribution in [0.2, 0.25) is 5.02 Å². The number of hydrogen-bond donors (Lipinski definition) is 0. The second-order valence-corrected chi connectivity index (χ2v) is 8.80. The number of para-hydroxylation sites is 1. The number of thioether (sulfide) groups is 1. The van der Waals surface area contributed by atoms with Gasteiger partial charge in [-0.1, -0.05) is 54.8 Å². The minimum atomic E-state index is 0.233. The van der Waals surface area contributed by atoms with Crippen LogP contribution in [0.4, 0.5) is 0 Å². The van der Waals surface area contributed by atoms with Gasteiger partial charge >= 0.3 is 0 Å². The molecule has 0 saturated carbocycles. The number of amides is 1. The Labute approximate surface area is 175 Å². The van der Waals surface area contributed by atoms with E-state index in [1.165, 1.54) is 28.7 Å². The summed E-state index contributed by atoms with van der Waals surface area (Å²) in [7, 11) is 0. The molecular formula is C23H25ClN2OS. The number of aromatic nitrogens is 1. The molecule has 1 aromatic heterocycles. The molecular weight excluding hydrogens is 388 g/mol. The molecule has 28 heavy (non-hydrogen) atoms. The minimum Gasteiger partial charge on any atom is -0.341 e. The van der Waals surface area contributed by atoms with E-state index in [9.17, 15) is 4.79 Å². The maximum absolute atomic E-state index is 12.9. The fourth-order valence-corrected chi connectivity index (χ4v) is 4.94. The van der Waals surface area contributed by atoms with Gasteiger partial charge in [0.1, 0.15) is 6.54 Å². The van der Waals surface area contributed by atoms with Gasteiger partial charge in [0.2, 0.25) is 5.91 Å². The molecule has 2 aromatic carbocycles. The summed E-state index contributed by atoms with van der Waals surface area (Å²) in [4.78, 5) is 16.1. The van der Waals surface area contributed by atoms with Crippen molar-refractivity contribution in [3.05, 3.63) is 65.3 Å². The SMILES string of the molecule is O=C(Cn1cc(SCc2ccc(Cl)cc2)c2ccccc21)N1CCCCCC1. The first kappa shape index (κ1) is 19.4. The van der Waals surface area contributed by atoms with Gasteiger partial charge < -0.3 is 9.47 Å². The van der Waals surface area contributed by atoms with Crippen molar-refractivity contribution >= 4 is 40.2 Å². The molecule has 0 unspecified atom stereocenters. The van der Waals surface area contributed by atoms with Crippen molar-refractivity contribution < 1.29 is 4.79 Å². The third-order valence-electron chi connectivity index (χ3n) is 5.32. The summed E-state index contributed by atoms with van der Waals surface area (Å²) in [5.74, 6) is 1.11. The fourth-order valence-electron chi connectivity index (χ4n) is 3.77. The predicted octanol–water partition coefficient (Wildman–Crippen LogP) is 5.99. The molecule has 5 heteroatoms. The van der Waals surface area contributed by atoms with E-state index < -0.39 is 0 Å². The van der Waals surface area contributed by atoms with Crippen molar-refractivity contribution in [2.24, 2.45) is 0 Å².